The topological polar surface area (TPSA) is 93.4 Å². The lowest BCUT2D eigenvalue weighted by Gasteiger charge is -2.31. The molecule has 0 bridgehead atoms. The third-order valence-electron chi connectivity index (χ3n) is 6.47. The highest BCUT2D eigenvalue weighted by Crippen LogP contribution is 2.29. The quantitative estimate of drug-likeness (QED) is 0.331. The van der Waals surface area contributed by atoms with Crippen LogP contribution in [0.25, 0.3) is 5.57 Å². The molecule has 7 nitrogen and oxygen atoms in total. The number of pyridine rings is 1. The van der Waals surface area contributed by atoms with Gasteiger partial charge in [-0.1, -0.05) is 48.4 Å². The van der Waals surface area contributed by atoms with Crippen molar-refractivity contribution in [2.24, 2.45) is 5.92 Å². The van der Waals surface area contributed by atoms with Gasteiger partial charge in [0.1, 0.15) is 5.01 Å². The summed E-state index contributed by atoms with van der Waals surface area (Å²) in [7, 11) is 0. The van der Waals surface area contributed by atoms with Crippen molar-refractivity contribution in [1.29, 1.82) is 0 Å². The van der Waals surface area contributed by atoms with E-state index in [1.54, 1.807) is 11.3 Å². The van der Waals surface area contributed by atoms with Gasteiger partial charge in [-0.25, -0.2) is 9.97 Å². The number of carbonyl (C=O) groups is 1. The molecule has 1 aliphatic heterocycles. The standard InChI is InChI=1S/C28H38ClN5O2S/c1-5-8-9-10-22(19(4)6-2)28-32-17-21(37-28)18-34-13-11-20(12-14-34)16-31-27(35)26-25(30)23(29)15-24(33-26)36-7-3/h5,8-10,15,17,20H,6-7,11-14,16,18,30H2,1-4H3,(H,31,35). The average molecular weight is 544 g/mol. The zero-order chi connectivity index (χ0) is 26.8. The summed E-state index contributed by atoms with van der Waals surface area (Å²) in [5.41, 5.74) is 8.84. The fourth-order valence-corrected chi connectivity index (χ4v) is 5.38. The summed E-state index contributed by atoms with van der Waals surface area (Å²) in [5, 5.41) is 4.33. The molecule has 3 heterocycles. The highest BCUT2D eigenvalue weighted by molar-refractivity contribution is 7.12. The van der Waals surface area contributed by atoms with Crippen molar-refractivity contribution in [2.45, 2.75) is 53.5 Å². The molecule has 2 aromatic rings. The Morgan fingerprint density at radius 1 is 1.32 bits per heavy atom. The van der Waals surface area contributed by atoms with Crippen molar-refractivity contribution in [3.63, 3.8) is 0 Å². The van der Waals surface area contributed by atoms with Crippen LogP contribution in [0.4, 0.5) is 5.69 Å². The van der Waals surface area contributed by atoms with Crippen molar-refractivity contribution >= 4 is 40.1 Å². The number of nitrogens with zero attached hydrogens (tertiary/aromatic N) is 3. The first-order valence-corrected chi connectivity index (χ1v) is 14.1. The number of hydrogen-bond donors (Lipinski definition) is 2. The van der Waals surface area contributed by atoms with Gasteiger partial charge >= 0.3 is 0 Å². The minimum absolute atomic E-state index is 0.113. The maximum absolute atomic E-state index is 12.7. The van der Waals surface area contributed by atoms with Crippen LogP contribution in [0.15, 0.2) is 42.1 Å². The van der Waals surface area contributed by atoms with Crippen molar-refractivity contribution in [1.82, 2.24) is 20.2 Å². The zero-order valence-electron chi connectivity index (χ0n) is 22.2. The largest absolute Gasteiger partial charge is 0.478 e. The molecule has 0 radical (unpaired) electrons. The summed E-state index contributed by atoms with van der Waals surface area (Å²) in [6.45, 7) is 12.1. The summed E-state index contributed by atoms with van der Waals surface area (Å²) in [5.74, 6) is 0.380. The van der Waals surface area contributed by atoms with Crippen LogP contribution in [0, 0.1) is 5.92 Å². The normalized spacial score (nSPS) is 15.9. The molecule has 0 aliphatic carbocycles. The maximum Gasteiger partial charge on any atom is 0.272 e. The lowest BCUT2D eigenvalue weighted by molar-refractivity contribution is 0.0930. The predicted octanol–water partition coefficient (Wildman–Crippen LogP) is 6.13. The number of nitrogen functional groups attached to an aromatic ring is 1. The molecule has 0 atom stereocenters. The summed E-state index contributed by atoms with van der Waals surface area (Å²) >= 11 is 7.93. The molecular formula is C28H38ClN5O2S. The average Bonchev–Trinajstić information content (AvgIpc) is 3.35. The van der Waals surface area contributed by atoms with Crippen molar-refractivity contribution < 1.29 is 9.53 Å². The number of ether oxygens (including phenoxy) is 1. The van der Waals surface area contributed by atoms with Crippen LogP contribution in [0.2, 0.25) is 5.02 Å². The molecule has 3 rings (SSSR count). The number of nitrogens with two attached hydrogens (primary N) is 1. The van der Waals surface area contributed by atoms with Gasteiger partial charge in [-0.15, -0.1) is 11.3 Å². The third-order valence-corrected chi connectivity index (χ3v) is 7.80. The van der Waals surface area contributed by atoms with E-state index in [0.717, 1.165) is 43.9 Å². The van der Waals surface area contributed by atoms with E-state index in [9.17, 15) is 4.79 Å². The van der Waals surface area contributed by atoms with Gasteiger partial charge in [-0.05, 0) is 59.0 Å². The number of carbonyl (C=O) groups excluding carboxylic acids is 1. The van der Waals surface area contributed by atoms with Gasteiger partial charge in [0.2, 0.25) is 5.88 Å². The molecule has 0 aromatic carbocycles. The van der Waals surface area contributed by atoms with E-state index in [1.807, 2.05) is 32.2 Å². The van der Waals surface area contributed by atoms with Crippen LogP contribution < -0.4 is 15.8 Å². The highest BCUT2D eigenvalue weighted by atomic mass is 35.5. The first-order valence-electron chi connectivity index (χ1n) is 12.9. The Kier molecular flexibility index (Phi) is 11.2. The van der Waals surface area contributed by atoms with Gasteiger partial charge in [0.15, 0.2) is 5.69 Å². The number of hydrogen-bond acceptors (Lipinski definition) is 7. The van der Waals surface area contributed by atoms with Gasteiger partial charge in [-0.3, -0.25) is 9.69 Å². The van der Waals surface area contributed by atoms with E-state index in [-0.39, 0.29) is 22.3 Å². The number of halogens is 1. The van der Waals surface area contributed by atoms with Gasteiger partial charge in [0, 0.05) is 35.8 Å². The molecule has 1 saturated heterocycles. The summed E-state index contributed by atoms with van der Waals surface area (Å²) in [6, 6.07) is 1.53. The van der Waals surface area contributed by atoms with E-state index in [4.69, 9.17) is 27.1 Å². The van der Waals surface area contributed by atoms with Gasteiger partial charge in [0.25, 0.3) is 5.91 Å². The first kappa shape index (κ1) is 28.9. The lowest BCUT2D eigenvalue weighted by atomic mass is 9.96. The maximum atomic E-state index is 12.7. The molecule has 9 heteroatoms. The molecule has 200 valence electrons. The Hall–Kier alpha value is -2.68. The summed E-state index contributed by atoms with van der Waals surface area (Å²) in [6.07, 6.45) is 13.3. The van der Waals surface area contributed by atoms with Crippen LogP contribution in [-0.2, 0) is 6.54 Å². The monoisotopic (exact) mass is 543 g/mol. The number of thiazole rings is 1. The highest BCUT2D eigenvalue weighted by Gasteiger charge is 2.22. The number of likely N-dealkylation sites (tertiary alicyclic amines) is 1. The fraction of sp³-hybridized carbons (Fsp3) is 0.464. The number of amides is 1. The van der Waals surface area contributed by atoms with E-state index in [0.29, 0.717) is 24.9 Å². The minimum Gasteiger partial charge on any atom is -0.478 e. The molecule has 1 fully saturated rings. The number of allylic oxidation sites excluding steroid dienone is 6. The van der Waals surface area contributed by atoms with Crippen molar-refractivity contribution in [3.8, 4) is 5.88 Å². The number of anilines is 1. The molecule has 0 unspecified atom stereocenters. The fourth-order valence-electron chi connectivity index (χ4n) is 4.14. The third kappa shape index (κ3) is 8.15. The van der Waals surface area contributed by atoms with Gasteiger partial charge in [-0.2, -0.15) is 0 Å². The Labute approximate surface area is 229 Å². The Balaban J connectivity index is 1.52. The Bertz CT molecular complexity index is 1150. The van der Waals surface area contributed by atoms with Crippen molar-refractivity contribution in [3.05, 3.63) is 62.7 Å². The number of aromatic nitrogens is 2. The number of rotatable bonds is 11. The van der Waals surface area contributed by atoms with Gasteiger partial charge < -0.3 is 15.8 Å². The predicted molar refractivity (Wildman–Crippen MR) is 154 cm³/mol. The Morgan fingerprint density at radius 2 is 2.08 bits per heavy atom. The molecule has 37 heavy (non-hydrogen) atoms. The Morgan fingerprint density at radius 3 is 2.76 bits per heavy atom. The van der Waals surface area contributed by atoms with E-state index >= 15 is 0 Å². The second kappa shape index (κ2) is 14.3. The molecule has 1 amide bonds. The lowest BCUT2D eigenvalue weighted by Crippen LogP contribution is -2.38. The van der Waals surface area contributed by atoms with Gasteiger partial charge in [0.05, 0.1) is 17.3 Å². The molecular weight excluding hydrogens is 506 g/mol. The molecule has 0 spiro atoms. The van der Waals surface area contributed by atoms with E-state index < -0.39 is 0 Å². The second-order valence-corrected chi connectivity index (χ2v) is 10.7. The first-order chi connectivity index (χ1) is 17.9. The smallest absolute Gasteiger partial charge is 0.272 e. The summed E-state index contributed by atoms with van der Waals surface area (Å²) in [4.78, 5) is 25.4. The zero-order valence-corrected chi connectivity index (χ0v) is 23.8. The minimum atomic E-state index is -0.324. The second-order valence-electron chi connectivity index (χ2n) is 9.13. The molecule has 2 aromatic heterocycles. The molecule has 3 N–H and O–H groups in total. The van der Waals surface area contributed by atoms with Crippen LogP contribution in [0.3, 0.4) is 0 Å². The molecule has 0 saturated carbocycles. The van der Waals surface area contributed by atoms with E-state index in [1.165, 1.54) is 22.1 Å². The van der Waals surface area contributed by atoms with Crippen LogP contribution >= 0.6 is 22.9 Å². The SMILES string of the molecule is CC=CC=CC(=C(C)CC)c1ncc(CN2CCC(CNC(=O)c3nc(OCC)cc(Cl)c3N)CC2)s1. The van der Waals surface area contributed by atoms with Crippen molar-refractivity contribution in [2.75, 3.05) is 32.0 Å². The number of nitrogens with one attached hydrogen (secondary N) is 1. The van der Waals surface area contributed by atoms with Crippen LogP contribution in [-0.4, -0.2) is 47.0 Å². The summed E-state index contributed by atoms with van der Waals surface area (Å²) < 4.78 is 5.39. The van der Waals surface area contributed by atoms with Crippen LogP contribution in [0.5, 0.6) is 5.88 Å². The van der Waals surface area contributed by atoms with Crippen LogP contribution in [0.1, 0.15) is 67.3 Å². The van der Waals surface area contributed by atoms with E-state index in [2.05, 4.69) is 41.2 Å². The molecule has 1 aliphatic rings. The number of piperidine rings is 1.